The Morgan fingerprint density at radius 2 is 1.83 bits per heavy atom. The number of para-hydroxylation sites is 1. The highest BCUT2D eigenvalue weighted by Crippen LogP contribution is 2.31. The maximum atomic E-state index is 12.6. The van der Waals surface area contributed by atoms with Crippen LogP contribution in [-0.2, 0) is 0 Å². The molecule has 1 atom stereocenters. The summed E-state index contributed by atoms with van der Waals surface area (Å²) in [5.41, 5.74) is 6.42. The highest BCUT2D eigenvalue weighted by molar-refractivity contribution is 6.01. The molecular formula is C28H30N6O. The van der Waals surface area contributed by atoms with Gasteiger partial charge < -0.3 is 20.4 Å². The average Bonchev–Trinajstić information content (AvgIpc) is 3.38. The SMILES string of the molecule is C=C/C=C(\C=C\c1ccc(-c2n[nH]cc2C2NC(=O)c3ccccc3N2)cc1)N1CCN(C)CC1. The summed E-state index contributed by atoms with van der Waals surface area (Å²) >= 11 is 0. The minimum atomic E-state index is -0.360. The number of aromatic amines is 1. The summed E-state index contributed by atoms with van der Waals surface area (Å²) in [6.45, 7) is 8.02. The molecule has 1 fully saturated rings. The molecule has 1 amide bonds. The second-order valence-electron chi connectivity index (χ2n) is 8.86. The lowest BCUT2D eigenvalue weighted by Crippen LogP contribution is -2.43. The fraction of sp³-hybridized carbons (Fsp3) is 0.214. The predicted molar refractivity (Wildman–Crippen MR) is 141 cm³/mol. The van der Waals surface area contributed by atoms with E-state index >= 15 is 0 Å². The minimum Gasteiger partial charge on any atom is -0.369 e. The van der Waals surface area contributed by atoms with Gasteiger partial charge in [0.15, 0.2) is 0 Å². The smallest absolute Gasteiger partial charge is 0.255 e. The fourth-order valence-electron chi connectivity index (χ4n) is 4.50. The number of piperazine rings is 1. The van der Waals surface area contributed by atoms with Crippen LogP contribution in [0.3, 0.4) is 0 Å². The van der Waals surface area contributed by atoms with Crippen LogP contribution in [0.1, 0.15) is 27.7 Å². The predicted octanol–water partition coefficient (Wildman–Crippen LogP) is 4.26. The molecule has 1 aromatic heterocycles. The van der Waals surface area contributed by atoms with Gasteiger partial charge in [-0.2, -0.15) is 5.10 Å². The van der Waals surface area contributed by atoms with Gasteiger partial charge in [0.05, 0.1) is 11.3 Å². The van der Waals surface area contributed by atoms with Gasteiger partial charge in [0.25, 0.3) is 5.91 Å². The first-order valence-electron chi connectivity index (χ1n) is 11.9. The number of carbonyl (C=O) groups excluding carboxylic acids is 1. The van der Waals surface area contributed by atoms with Crippen molar-refractivity contribution in [3.05, 3.63) is 102 Å². The van der Waals surface area contributed by atoms with Crippen molar-refractivity contribution in [2.75, 3.05) is 38.5 Å². The second-order valence-corrected chi connectivity index (χ2v) is 8.86. The number of anilines is 1. The van der Waals surface area contributed by atoms with E-state index in [1.165, 1.54) is 5.70 Å². The van der Waals surface area contributed by atoms with Crippen molar-refractivity contribution in [2.24, 2.45) is 0 Å². The maximum Gasteiger partial charge on any atom is 0.255 e. The van der Waals surface area contributed by atoms with E-state index in [4.69, 9.17) is 0 Å². The van der Waals surface area contributed by atoms with Crippen LogP contribution in [0.2, 0.25) is 0 Å². The standard InChI is InChI=1S/C28H30N6O/c1-3-6-22(34-17-15-33(2)16-18-34)14-11-20-9-12-21(13-10-20)26-24(19-29-32-26)27-30-25-8-5-4-7-23(25)28(35)31-27/h3-14,19,27,30H,1,15-18H2,2H3,(H,29,32)(H,31,35)/b14-11+,22-6+. The normalized spacial score (nSPS) is 18.8. The Labute approximate surface area is 205 Å². The summed E-state index contributed by atoms with van der Waals surface area (Å²) in [6, 6.07) is 15.8. The number of rotatable bonds is 6. The summed E-state index contributed by atoms with van der Waals surface area (Å²) in [4.78, 5) is 17.3. The van der Waals surface area contributed by atoms with Crippen LogP contribution < -0.4 is 10.6 Å². The Hall–Kier alpha value is -4.10. The molecule has 3 N–H and O–H groups in total. The van der Waals surface area contributed by atoms with E-state index in [1.807, 2.05) is 36.5 Å². The van der Waals surface area contributed by atoms with E-state index in [1.54, 1.807) is 0 Å². The van der Waals surface area contributed by atoms with Crippen LogP contribution in [0.25, 0.3) is 17.3 Å². The number of hydrogen-bond acceptors (Lipinski definition) is 5. The molecule has 1 unspecified atom stereocenters. The number of likely N-dealkylation sites (N-methyl/N-ethyl adjacent to an activating group) is 1. The molecule has 0 saturated carbocycles. The van der Waals surface area contributed by atoms with Crippen molar-refractivity contribution in [2.45, 2.75) is 6.17 Å². The first-order valence-corrected chi connectivity index (χ1v) is 11.9. The third-order valence-corrected chi connectivity index (χ3v) is 6.52. The van der Waals surface area contributed by atoms with Gasteiger partial charge in [-0.05, 0) is 36.9 Å². The van der Waals surface area contributed by atoms with E-state index in [2.05, 4.69) is 86.8 Å². The molecule has 7 nitrogen and oxygen atoms in total. The van der Waals surface area contributed by atoms with E-state index in [0.29, 0.717) is 5.56 Å². The van der Waals surface area contributed by atoms with Gasteiger partial charge in [0, 0.05) is 54.9 Å². The number of nitrogens with one attached hydrogen (secondary N) is 3. The minimum absolute atomic E-state index is 0.0966. The van der Waals surface area contributed by atoms with E-state index in [-0.39, 0.29) is 12.1 Å². The zero-order chi connectivity index (χ0) is 24.2. The van der Waals surface area contributed by atoms with Crippen molar-refractivity contribution in [1.82, 2.24) is 25.3 Å². The number of allylic oxidation sites excluding steroid dienone is 3. The van der Waals surface area contributed by atoms with Crippen molar-refractivity contribution in [1.29, 1.82) is 0 Å². The van der Waals surface area contributed by atoms with Gasteiger partial charge in [-0.1, -0.05) is 55.1 Å². The zero-order valence-corrected chi connectivity index (χ0v) is 19.9. The summed E-state index contributed by atoms with van der Waals surface area (Å²) in [5.74, 6) is -0.0966. The zero-order valence-electron chi connectivity index (χ0n) is 19.9. The Morgan fingerprint density at radius 1 is 1.06 bits per heavy atom. The molecule has 0 aliphatic carbocycles. The summed E-state index contributed by atoms with van der Waals surface area (Å²) in [7, 11) is 2.16. The molecular weight excluding hydrogens is 436 g/mol. The van der Waals surface area contributed by atoms with Gasteiger partial charge in [-0.15, -0.1) is 0 Å². The molecule has 2 aliphatic heterocycles. The first-order chi connectivity index (χ1) is 17.1. The highest BCUT2D eigenvalue weighted by atomic mass is 16.2. The van der Waals surface area contributed by atoms with Gasteiger partial charge in [0.1, 0.15) is 6.17 Å². The number of amides is 1. The Morgan fingerprint density at radius 3 is 2.60 bits per heavy atom. The van der Waals surface area contributed by atoms with Gasteiger partial charge >= 0.3 is 0 Å². The molecule has 0 bridgehead atoms. The van der Waals surface area contributed by atoms with Gasteiger partial charge in [0.2, 0.25) is 0 Å². The summed E-state index contributed by atoms with van der Waals surface area (Å²) in [5, 5.41) is 13.9. The van der Waals surface area contributed by atoms with E-state index < -0.39 is 0 Å². The molecule has 7 heteroatoms. The van der Waals surface area contributed by atoms with Crippen LogP contribution in [0, 0.1) is 0 Å². The van der Waals surface area contributed by atoms with Crippen molar-refractivity contribution in [3.8, 4) is 11.3 Å². The quantitative estimate of drug-likeness (QED) is 0.473. The molecule has 35 heavy (non-hydrogen) atoms. The maximum absolute atomic E-state index is 12.6. The van der Waals surface area contributed by atoms with Crippen LogP contribution in [0.5, 0.6) is 0 Å². The van der Waals surface area contributed by atoms with Gasteiger partial charge in [-0.3, -0.25) is 9.89 Å². The number of carbonyl (C=O) groups is 1. The largest absolute Gasteiger partial charge is 0.369 e. The fourth-order valence-corrected chi connectivity index (χ4v) is 4.50. The number of fused-ring (bicyclic) bond motifs is 1. The van der Waals surface area contributed by atoms with Crippen LogP contribution in [-0.4, -0.2) is 59.1 Å². The number of aromatic nitrogens is 2. The van der Waals surface area contributed by atoms with E-state index in [9.17, 15) is 4.79 Å². The lowest BCUT2D eigenvalue weighted by Gasteiger charge is -2.34. The number of hydrogen-bond donors (Lipinski definition) is 3. The summed E-state index contributed by atoms with van der Waals surface area (Å²) < 4.78 is 0. The average molecular weight is 467 g/mol. The van der Waals surface area contributed by atoms with Crippen molar-refractivity contribution in [3.63, 3.8) is 0 Å². The Bertz CT molecular complexity index is 1260. The molecule has 0 spiro atoms. The van der Waals surface area contributed by atoms with Gasteiger partial charge in [-0.25, -0.2) is 0 Å². The topological polar surface area (TPSA) is 76.3 Å². The Balaban J connectivity index is 1.32. The molecule has 178 valence electrons. The molecule has 3 heterocycles. The van der Waals surface area contributed by atoms with E-state index in [0.717, 1.165) is 54.3 Å². The number of H-pyrrole nitrogens is 1. The molecule has 1 saturated heterocycles. The Kier molecular flexibility index (Phi) is 6.50. The highest BCUT2D eigenvalue weighted by Gasteiger charge is 2.27. The molecule has 5 rings (SSSR count). The van der Waals surface area contributed by atoms with Crippen molar-refractivity contribution >= 4 is 17.7 Å². The lowest BCUT2D eigenvalue weighted by molar-refractivity contribution is 0.0936. The molecule has 3 aromatic rings. The molecule has 0 radical (unpaired) electrons. The molecule has 2 aromatic carbocycles. The third kappa shape index (κ3) is 4.90. The monoisotopic (exact) mass is 466 g/mol. The van der Waals surface area contributed by atoms with Crippen LogP contribution >= 0.6 is 0 Å². The number of nitrogens with zero attached hydrogens (tertiary/aromatic N) is 3. The first kappa shape index (κ1) is 22.7. The second kappa shape index (κ2) is 10.0. The van der Waals surface area contributed by atoms with Crippen LogP contribution in [0.4, 0.5) is 5.69 Å². The number of benzene rings is 2. The summed E-state index contributed by atoms with van der Waals surface area (Å²) in [6.07, 6.45) is 9.66. The lowest BCUT2D eigenvalue weighted by atomic mass is 10.0. The van der Waals surface area contributed by atoms with Crippen molar-refractivity contribution < 1.29 is 4.79 Å². The van der Waals surface area contributed by atoms with Crippen LogP contribution in [0.15, 0.2) is 85.2 Å². The molecule has 2 aliphatic rings. The third-order valence-electron chi connectivity index (χ3n) is 6.52.